The first kappa shape index (κ1) is 15.9. The Hall–Kier alpha value is -3.03. The van der Waals surface area contributed by atoms with Crippen molar-refractivity contribution in [2.45, 2.75) is 12.7 Å². The molecule has 0 spiro atoms. The number of carbonyl (C=O) groups excluding carboxylic acids is 1. The van der Waals surface area contributed by atoms with E-state index in [1.807, 2.05) is 0 Å². The molecule has 0 aliphatic rings. The van der Waals surface area contributed by atoms with E-state index in [-0.39, 0.29) is 5.69 Å². The van der Waals surface area contributed by atoms with Crippen LogP contribution in [0.2, 0.25) is 0 Å². The van der Waals surface area contributed by atoms with E-state index in [9.17, 15) is 22.8 Å². The van der Waals surface area contributed by atoms with Crippen molar-refractivity contribution < 1.29 is 18.0 Å². The van der Waals surface area contributed by atoms with Crippen LogP contribution in [0.15, 0.2) is 53.3 Å². The van der Waals surface area contributed by atoms with Crippen LogP contribution in [-0.2, 0) is 17.5 Å². The first-order chi connectivity index (χ1) is 11.4. The van der Waals surface area contributed by atoms with Crippen molar-refractivity contribution in [1.82, 2.24) is 9.55 Å². The summed E-state index contributed by atoms with van der Waals surface area (Å²) in [5, 5.41) is 2.21. The van der Waals surface area contributed by atoms with Crippen molar-refractivity contribution in [3.05, 3.63) is 64.6 Å². The lowest BCUT2D eigenvalue weighted by molar-refractivity contribution is -0.137. The van der Waals surface area contributed by atoms with Gasteiger partial charge < -0.3 is 10.3 Å². The third kappa shape index (κ3) is 3.03. The number of aromatic amines is 1. The number of H-pyrrole nitrogens is 1. The third-order valence-electron chi connectivity index (χ3n) is 3.49. The Morgan fingerprint density at radius 3 is 2.50 bits per heavy atom. The van der Waals surface area contributed by atoms with Crippen LogP contribution in [0.3, 0.4) is 0 Å². The van der Waals surface area contributed by atoms with Crippen molar-refractivity contribution in [3.8, 4) is 0 Å². The Kier molecular flexibility index (Phi) is 3.88. The van der Waals surface area contributed by atoms with Gasteiger partial charge in [0.05, 0.1) is 22.3 Å². The molecule has 5 nitrogen and oxygen atoms in total. The average molecular weight is 335 g/mol. The van der Waals surface area contributed by atoms with Crippen molar-refractivity contribution in [3.63, 3.8) is 0 Å². The van der Waals surface area contributed by atoms with Crippen molar-refractivity contribution in [2.75, 3.05) is 5.32 Å². The highest BCUT2D eigenvalue weighted by molar-refractivity contribution is 5.92. The second-order valence-electron chi connectivity index (χ2n) is 5.12. The number of hydrogen-bond donors (Lipinski definition) is 2. The smallest absolute Gasteiger partial charge is 0.324 e. The number of benzene rings is 2. The maximum Gasteiger partial charge on any atom is 0.418 e. The molecule has 1 aromatic heterocycles. The van der Waals surface area contributed by atoms with Crippen LogP contribution in [0.25, 0.3) is 11.0 Å². The Bertz CT molecular complexity index is 957. The molecule has 24 heavy (non-hydrogen) atoms. The quantitative estimate of drug-likeness (QED) is 0.773. The molecule has 8 heteroatoms. The summed E-state index contributed by atoms with van der Waals surface area (Å²) in [7, 11) is 0. The predicted molar refractivity (Wildman–Crippen MR) is 82.6 cm³/mol. The molecule has 1 amide bonds. The van der Waals surface area contributed by atoms with Crippen LogP contribution >= 0.6 is 0 Å². The summed E-state index contributed by atoms with van der Waals surface area (Å²) in [4.78, 5) is 26.6. The maximum atomic E-state index is 12.9. The maximum absolute atomic E-state index is 12.9. The lowest BCUT2D eigenvalue weighted by atomic mass is 10.1. The van der Waals surface area contributed by atoms with E-state index in [0.717, 1.165) is 6.07 Å². The predicted octanol–water partition coefficient (Wildman–Crippen LogP) is 2.99. The van der Waals surface area contributed by atoms with Gasteiger partial charge in [-0.3, -0.25) is 9.36 Å². The highest BCUT2D eigenvalue weighted by Crippen LogP contribution is 2.34. The molecule has 0 aliphatic heterocycles. The number of alkyl halides is 3. The Morgan fingerprint density at radius 1 is 1.08 bits per heavy atom. The number of hydrogen-bond acceptors (Lipinski definition) is 2. The second-order valence-corrected chi connectivity index (χ2v) is 5.12. The van der Waals surface area contributed by atoms with Crippen LogP contribution in [0.5, 0.6) is 0 Å². The van der Waals surface area contributed by atoms with Gasteiger partial charge in [0, 0.05) is 0 Å². The van der Waals surface area contributed by atoms with E-state index in [1.54, 1.807) is 24.3 Å². The summed E-state index contributed by atoms with van der Waals surface area (Å²) < 4.78 is 40.0. The number of carbonyl (C=O) groups is 1. The normalized spacial score (nSPS) is 11.6. The number of nitrogens with one attached hydrogen (secondary N) is 2. The van der Waals surface area contributed by atoms with Gasteiger partial charge in [-0.05, 0) is 24.3 Å². The fourth-order valence-electron chi connectivity index (χ4n) is 2.44. The summed E-state index contributed by atoms with van der Waals surface area (Å²) in [5.41, 5.74) is -0.740. The summed E-state index contributed by atoms with van der Waals surface area (Å²) in [6, 6.07) is 11.4. The minimum atomic E-state index is -4.58. The first-order valence-corrected chi connectivity index (χ1v) is 7.00. The molecular formula is C16H12F3N3O2. The molecule has 2 aromatic carbocycles. The number of anilines is 1. The van der Waals surface area contributed by atoms with Gasteiger partial charge in [0.1, 0.15) is 6.54 Å². The zero-order valence-corrected chi connectivity index (χ0v) is 12.2. The zero-order chi connectivity index (χ0) is 17.3. The fourth-order valence-corrected chi connectivity index (χ4v) is 2.44. The van der Waals surface area contributed by atoms with Crippen LogP contribution in [0.4, 0.5) is 18.9 Å². The number of halogens is 3. The van der Waals surface area contributed by atoms with Crippen LogP contribution < -0.4 is 11.0 Å². The Labute approximate surface area is 133 Å². The van der Waals surface area contributed by atoms with Gasteiger partial charge >= 0.3 is 11.9 Å². The SMILES string of the molecule is O=C(Cn1c(=O)[nH]c2ccccc21)Nc1ccccc1C(F)(F)F. The number of imidazole rings is 1. The molecule has 0 unspecified atom stereocenters. The Morgan fingerprint density at radius 2 is 1.75 bits per heavy atom. The standard InChI is InChI=1S/C16H12F3N3O2/c17-16(18,19)10-5-1-2-6-11(10)20-14(23)9-22-13-8-4-3-7-12(13)21-15(22)24/h1-8H,9H2,(H,20,23)(H,21,24). The van der Waals surface area contributed by atoms with Crippen LogP contribution in [0.1, 0.15) is 5.56 Å². The summed E-state index contributed by atoms with van der Waals surface area (Å²) >= 11 is 0. The summed E-state index contributed by atoms with van der Waals surface area (Å²) in [5.74, 6) is -0.724. The van der Waals surface area contributed by atoms with Crippen molar-refractivity contribution in [2.24, 2.45) is 0 Å². The van der Waals surface area contributed by atoms with E-state index in [2.05, 4.69) is 10.3 Å². The summed E-state index contributed by atoms with van der Waals surface area (Å²) in [6.45, 7) is -0.394. The second kappa shape index (κ2) is 5.88. The molecule has 124 valence electrons. The van der Waals surface area contributed by atoms with E-state index in [4.69, 9.17) is 0 Å². The number of rotatable bonds is 3. The van der Waals surface area contributed by atoms with Crippen LogP contribution in [-0.4, -0.2) is 15.5 Å². The molecule has 1 heterocycles. The molecule has 0 aliphatic carbocycles. The lowest BCUT2D eigenvalue weighted by Crippen LogP contribution is -2.26. The molecule has 0 saturated carbocycles. The number of para-hydroxylation sites is 3. The van der Waals surface area contributed by atoms with Gasteiger partial charge in [-0.1, -0.05) is 24.3 Å². The van der Waals surface area contributed by atoms with E-state index in [0.29, 0.717) is 11.0 Å². The highest BCUT2D eigenvalue weighted by Gasteiger charge is 2.33. The molecule has 3 rings (SSSR count). The molecule has 3 aromatic rings. The molecule has 0 atom stereocenters. The molecule has 0 radical (unpaired) electrons. The topological polar surface area (TPSA) is 66.9 Å². The van der Waals surface area contributed by atoms with E-state index in [1.165, 1.54) is 22.8 Å². The third-order valence-corrected chi connectivity index (χ3v) is 3.49. The van der Waals surface area contributed by atoms with Gasteiger partial charge in [-0.2, -0.15) is 13.2 Å². The van der Waals surface area contributed by atoms with Gasteiger partial charge in [-0.15, -0.1) is 0 Å². The van der Waals surface area contributed by atoms with Gasteiger partial charge in [0.2, 0.25) is 5.91 Å². The van der Waals surface area contributed by atoms with Crippen molar-refractivity contribution >= 4 is 22.6 Å². The minimum absolute atomic E-state index is 0.345. The fraction of sp³-hybridized carbons (Fsp3) is 0.125. The number of nitrogens with zero attached hydrogens (tertiary/aromatic N) is 1. The average Bonchev–Trinajstić information content (AvgIpc) is 2.83. The number of aromatic nitrogens is 2. The number of amides is 1. The Balaban J connectivity index is 1.87. The number of fused-ring (bicyclic) bond motifs is 1. The van der Waals surface area contributed by atoms with Crippen molar-refractivity contribution in [1.29, 1.82) is 0 Å². The van der Waals surface area contributed by atoms with Gasteiger partial charge in [-0.25, -0.2) is 4.79 Å². The molecule has 0 bridgehead atoms. The van der Waals surface area contributed by atoms with Crippen LogP contribution in [0, 0.1) is 0 Å². The van der Waals surface area contributed by atoms with E-state index >= 15 is 0 Å². The largest absolute Gasteiger partial charge is 0.418 e. The van der Waals surface area contributed by atoms with Gasteiger partial charge in [0.25, 0.3) is 0 Å². The highest BCUT2D eigenvalue weighted by atomic mass is 19.4. The zero-order valence-electron chi connectivity index (χ0n) is 12.2. The molecule has 0 saturated heterocycles. The molecule has 0 fully saturated rings. The molecule has 2 N–H and O–H groups in total. The van der Waals surface area contributed by atoms with Gasteiger partial charge in [0.15, 0.2) is 0 Å². The minimum Gasteiger partial charge on any atom is -0.324 e. The summed E-state index contributed by atoms with van der Waals surface area (Å²) in [6.07, 6.45) is -4.58. The monoisotopic (exact) mass is 335 g/mol. The molecular weight excluding hydrogens is 323 g/mol. The van der Waals surface area contributed by atoms with E-state index < -0.39 is 29.9 Å². The first-order valence-electron chi connectivity index (χ1n) is 7.00. The lowest BCUT2D eigenvalue weighted by Gasteiger charge is -2.13.